The number of nitrogens with zero attached hydrogens (tertiary/aromatic N) is 1. The first-order chi connectivity index (χ1) is 12.1. The molecule has 0 aliphatic carbocycles. The Labute approximate surface area is 165 Å². The van der Waals surface area contributed by atoms with Gasteiger partial charge in [-0.25, -0.2) is 8.42 Å². The summed E-state index contributed by atoms with van der Waals surface area (Å²) < 4.78 is 26.5. The normalized spacial score (nSPS) is 21.2. The highest BCUT2D eigenvalue weighted by atomic mass is 35.5. The number of hydrogen-bond donors (Lipinski definition) is 2. The summed E-state index contributed by atoms with van der Waals surface area (Å²) in [4.78, 5) is 12.3. The Hall–Kier alpha value is -0.800. The highest BCUT2D eigenvalue weighted by Crippen LogP contribution is 2.21. The predicted octanol–water partition coefficient (Wildman–Crippen LogP) is 1.60. The second-order valence-corrected chi connectivity index (χ2v) is 9.55. The van der Waals surface area contributed by atoms with Crippen molar-refractivity contribution in [1.82, 2.24) is 14.9 Å². The highest BCUT2D eigenvalue weighted by Gasteiger charge is 2.26. The maximum atomic E-state index is 12.5. The van der Waals surface area contributed by atoms with Crippen molar-refractivity contribution in [3.8, 4) is 0 Å². The van der Waals surface area contributed by atoms with Crippen molar-refractivity contribution in [2.45, 2.75) is 36.7 Å². The van der Waals surface area contributed by atoms with E-state index in [1.54, 1.807) is 28.6 Å². The Balaban J connectivity index is 0.00000243. The van der Waals surface area contributed by atoms with E-state index in [2.05, 4.69) is 10.6 Å². The molecule has 0 spiro atoms. The van der Waals surface area contributed by atoms with E-state index in [1.165, 1.54) is 0 Å². The first-order valence-corrected chi connectivity index (χ1v) is 11.3. The lowest BCUT2D eigenvalue weighted by atomic mass is 10.2. The van der Waals surface area contributed by atoms with E-state index >= 15 is 0 Å². The number of amides is 1. The van der Waals surface area contributed by atoms with Crippen molar-refractivity contribution in [2.75, 3.05) is 31.1 Å². The van der Waals surface area contributed by atoms with Gasteiger partial charge in [-0.15, -0.1) is 12.4 Å². The number of halogens is 1. The lowest BCUT2D eigenvalue weighted by Crippen LogP contribution is -2.41. The first kappa shape index (κ1) is 21.5. The molecular formula is C17H26ClN3O3S2. The average Bonchev–Trinajstić information content (AvgIpc) is 3.17. The molecule has 1 atom stereocenters. The third-order valence-electron chi connectivity index (χ3n) is 4.55. The van der Waals surface area contributed by atoms with Crippen molar-refractivity contribution < 1.29 is 13.2 Å². The SMILES string of the molecule is Cl.O=C(CC1CSCCN1)NCc1ccc(S(=O)(=O)N2CCCC2)cc1. The van der Waals surface area contributed by atoms with Gasteiger partial charge in [0.1, 0.15) is 0 Å². The smallest absolute Gasteiger partial charge is 0.243 e. The second kappa shape index (κ2) is 9.94. The quantitative estimate of drug-likeness (QED) is 0.732. The zero-order valence-electron chi connectivity index (χ0n) is 14.6. The third kappa shape index (κ3) is 5.60. The second-order valence-electron chi connectivity index (χ2n) is 6.46. The van der Waals surface area contributed by atoms with Crippen molar-refractivity contribution >= 4 is 40.1 Å². The molecule has 6 nitrogen and oxygen atoms in total. The lowest BCUT2D eigenvalue weighted by molar-refractivity contribution is -0.121. The maximum absolute atomic E-state index is 12.5. The molecule has 2 heterocycles. The van der Waals surface area contributed by atoms with Crippen molar-refractivity contribution in [2.24, 2.45) is 0 Å². The molecular weight excluding hydrogens is 394 g/mol. The predicted molar refractivity (Wildman–Crippen MR) is 107 cm³/mol. The summed E-state index contributed by atoms with van der Waals surface area (Å²) in [5, 5.41) is 6.26. The monoisotopic (exact) mass is 419 g/mol. The molecule has 0 saturated carbocycles. The van der Waals surface area contributed by atoms with Crippen LogP contribution in [-0.4, -0.2) is 55.8 Å². The van der Waals surface area contributed by atoms with Gasteiger partial charge >= 0.3 is 0 Å². The standard InChI is InChI=1S/C17H25N3O3S2.ClH/c21-17(11-15-13-24-10-7-18-15)19-12-14-3-5-16(6-4-14)25(22,23)20-8-1-2-9-20;/h3-6,15,18H,1-2,7-13H2,(H,19,21);1H. The molecule has 146 valence electrons. The molecule has 0 bridgehead atoms. The van der Waals surface area contributed by atoms with Crippen LogP contribution >= 0.6 is 24.2 Å². The number of benzene rings is 1. The summed E-state index contributed by atoms with van der Waals surface area (Å²) in [7, 11) is -3.37. The number of carbonyl (C=O) groups is 1. The molecule has 0 radical (unpaired) electrons. The molecule has 1 aromatic rings. The number of nitrogens with one attached hydrogen (secondary N) is 2. The Morgan fingerprint density at radius 3 is 2.54 bits per heavy atom. The summed E-state index contributed by atoms with van der Waals surface area (Å²) >= 11 is 1.87. The third-order valence-corrected chi connectivity index (χ3v) is 7.59. The zero-order chi connectivity index (χ0) is 17.7. The van der Waals surface area contributed by atoms with Gasteiger partial charge in [-0.3, -0.25) is 4.79 Å². The Morgan fingerprint density at radius 1 is 1.23 bits per heavy atom. The summed E-state index contributed by atoms with van der Waals surface area (Å²) in [5.74, 6) is 2.09. The molecule has 1 amide bonds. The van der Waals surface area contributed by atoms with Crippen molar-refractivity contribution in [3.05, 3.63) is 29.8 Å². The largest absolute Gasteiger partial charge is 0.352 e. The minimum absolute atomic E-state index is 0. The number of hydrogen-bond acceptors (Lipinski definition) is 5. The van der Waals surface area contributed by atoms with E-state index in [1.807, 2.05) is 11.8 Å². The lowest BCUT2D eigenvalue weighted by Gasteiger charge is -2.22. The van der Waals surface area contributed by atoms with Crippen LogP contribution in [0.2, 0.25) is 0 Å². The molecule has 3 rings (SSSR count). The Morgan fingerprint density at radius 2 is 1.92 bits per heavy atom. The van der Waals surface area contributed by atoms with Gasteiger partial charge in [-0.1, -0.05) is 12.1 Å². The number of carbonyl (C=O) groups excluding carboxylic acids is 1. The number of sulfonamides is 1. The summed E-state index contributed by atoms with van der Waals surface area (Å²) in [6.45, 7) is 2.58. The van der Waals surface area contributed by atoms with E-state index in [-0.39, 0.29) is 24.4 Å². The van der Waals surface area contributed by atoms with Gasteiger partial charge in [0.05, 0.1) is 4.90 Å². The van der Waals surface area contributed by atoms with Crippen molar-refractivity contribution in [3.63, 3.8) is 0 Å². The van der Waals surface area contributed by atoms with E-state index in [9.17, 15) is 13.2 Å². The van der Waals surface area contributed by atoms with Gasteiger partial charge in [-0.2, -0.15) is 16.1 Å². The van der Waals surface area contributed by atoms with Crippen LogP contribution in [0, 0.1) is 0 Å². The fourth-order valence-electron chi connectivity index (χ4n) is 3.10. The van der Waals surface area contributed by atoms with Gasteiger partial charge < -0.3 is 10.6 Å². The zero-order valence-corrected chi connectivity index (χ0v) is 17.1. The van der Waals surface area contributed by atoms with Gasteiger partial charge in [0, 0.05) is 50.1 Å². The van der Waals surface area contributed by atoms with Gasteiger partial charge in [0.25, 0.3) is 0 Å². The van der Waals surface area contributed by atoms with Crippen LogP contribution in [-0.2, 0) is 21.4 Å². The highest BCUT2D eigenvalue weighted by molar-refractivity contribution is 7.99. The van der Waals surface area contributed by atoms with Crippen LogP contribution in [0.3, 0.4) is 0 Å². The minimum atomic E-state index is -3.37. The van der Waals surface area contributed by atoms with Gasteiger partial charge in [-0.05, 0) is 30.5 Å². The molecule has 0 aromatic heterocycles. The molecule has 1 unspecified atom stereocenters. The molecule has 1 aromatic carbocycles. The molecule has 26 heavy (non-hydrogen) atoms. The first-order valence-electron chi connectivity index (χ1n) is 8.72. The topological polar surface area (TPSA) is 78.5 Å². The van der Waals surface area contributed by atoms with Crippen molar-refractivity contribution in [1.29, 1.82) is 0 Å². The average molecular weight is 420 g/mol. The van der Waals surface area contributed by atoms with E-state index in [0.29, 0.717) is 31.0 Å². The van der Waals surface area contributed by atoms with Crippen LogP contribution in [0.4, 0.5) is 0 Å². The molecule has 9 heteroatoms. The van der Waals surface area contributed by atoms with Gasteiger partial charge in [0.2, 0.25) is 15.9 Å². The van der Waals surface area contributed by atoms with Crippen LogP contribution in [0.25, 0.3) is 0 Å². The molecule has 2 fully saturated rings. The Bertz CT molecular complexity index is 686. The van der Waals surface area contributed by atoms with Crippen LogP contribution < -0.4 is 10.6 Å². The van der Waals surface area contributed by atoms with Crippen LogP contribution in [0.1, 0.15) is 24.8 Å². The fourth-order valence-corrected chi connectivity index (χ4v) is 5.57. The van der Waals surface area contributed by atoms with Crippen LogP contribution in [0.5, 0.6) is 0 Å². The van der Waals surface area contributed by atoms with E-state index in [0.717, 1.165) is 36.5 Å². The summed E-state index contributed by atoms with van der Waals surface area (Å²) in [6, 6.07) is 7.06. The van der Waals surface area contributed by atoms with Gasteiger partial charge in [0.15, 0.2) is 0 Å². The molecule has 2 aliphatic rings. The summed E-state index contributed by atoms with van der Waals surface area (Å²) in [6.07, 6.45) is 2.34. The van der Waals surface area contributed by atoms with E-state index in [4.69, 9.17) is 0 Å². The molecule has 2 aliphatic heterocycles. The number of thioether (sulfide) groups is 1. The summed E-state index contributed by atoms with van der Waals surface area (Å²) in [5.41, 5.74) is 0.903. The fraction of sp³-hybridized carbons (Fsp3) is 0.588. The maximum Gasteiger partial charge on any atom is 0.243 e. The minimum Gasteiger partial charge on any atom is -0.352 e. The molecule has 2 saturated heterocycles. The van der Waals surface area contributed by atoms with E-state index < -0.39 is 10.0 Å². The van der Waals surface area contributed by atoms with Crippen LogP contribution in [0.15, 0.2) is 29.2 Å². The Kier molecular flexibility index (Phi) is 8.22. The molecule has 2 N–H and O–H groups in total. The number of rotatable bonds is 6.